The maximum Gasteiger partial charge on any atom is 0.156 e. The van der Waals surface area contributed by atoms with Gasteiger partial charge in [-0.3, -0.25) is 4.79 Å². The van der Waals surface area contributed by atoms with Gasteiger partial charge in [-0.1, -0.05) is 41.1 Å². The second-order valence-electron chi connectivity index (χ2n) is 2.80. The zero-order valence-electron chi connectivity index (χ0n) is 6.67. The SMILES string of the molecule is CC(=O)C1=CC=C[C@H](Br)C1C. The van der Waals surface area contributed by atoms with Crippen LogP contribution in [0, 0.1) is 5.92 Å². The first kappa shape index (κ1) is 8.72. The van der Waals surface area contributed by atoms with Gasteiger partial charge in [0.2, 0.25) is 0 Å². The van der Waals surface area contributed by atoms with Crippen molar-refractivity contribution in [1.82, 2.24) is 0 Å². The van der Waals surface area contributed by atoms with Gasteiger partial charge in [-0.25, -0.2) is 0 Å². The van der Waals surface area contributed by atoms with Gasteiger partial charge in [-0.05, 0) is 12.5 Å². The second kappa shape index (κ2) is 3.35. The largest absolute Gasteiger partial charge is 0.295 e. The third-order valence-electron chi connectivity index (χ3n) is 1.95. The summed E-state index contributed by atoms with van der Waals surface area (Å²) in [5, 5.41) is 0. The van der Waals surface area contributed by atoms with Crippen LogP contribution in [0.3, 0.4) is 0 Å². The van der Waals surface area contributed by atoms with Crippen LogP contribution in [-0.4, -0.2) is 10.6 Å². The molecule has 1 unspecified atom stereocenters. The summed E-state index contributed by atoms with van der Waals surface area (Å²) >= 11 is 3.48. The Morgan fingerprint density at radius 3 is 2.73 bits per heavy atom. The summed E-state index contributed by atoms with van der Waals surface area (Å²) in [5.41, 5.74) is 0.911. The minimum Gasteiger partial charge on any atom is -0.295 e. The van der Waals surface area contributed by atoms with E-state index in [1.807, 2.05) is 12.2 Å². The molecule has 2 atom stereocenters. The van der Waals surface area contributed by atoms with E-state index in [-0.39, 0.29) is 5.78 Å². The third-order valence-corrected chi connectivity index (χ3v) is 3.04. The molecule has 2 heteroatoms. The normalized spacial score (nSPS) is 29.9. The van der Waals surface area contributed by atoms with Crippen molar-refractivity contribution in [1.29, 1.82) is 0 Å². The van der Waals surface area contributed by atoms with Crippen molar-refractivity contribution in [2.75, 3.05) is 0 Å². The van der Waals surface area contributed by atoms with Gasteiger partial charge >= 0.3 is 0 Å². The minimum atomic E-state index is 0.173. The lowest BCUT2D eigenvalue weighted by molar-refractivity contribution is -0.114. The molecule has 1 aliphatic carbocycles. The van der Waals surface area contributed by atoms with Crippen LogP contribution in [0.5, 0.6) is 0 Å². The van der Waals surface area contributed by atoms with Gasteiger partial charge in [0.05, 0.1) is 0 Å². The Hall–Kier alpha value is -0.370. The molecule has 0 N–H and O–H groups in total. The second-order valence-corrected chi connectivity index (χ2v) is 3.85. The molecule has 0 saturated heterocycles. The zero-order chi connectivity index (χ0) is 8.43. The van der Waals surface area contributed by atoms with Gasteiger partial charge in [0, 0.05) is 10.7 Å². The van der Waals surface area contributed by atoms with E-state index < -0.39 is 0 Å². The third kappa shape index (κ3) is 1.80. The molecule has 0 saturated carbocycles. The van der Waals surface area contributed by atoms with E-state index in [9.17, 15) is 4.79 Å². The topological polar surface area (TPSA) is 17.1 Å². The number of carbonyl (C=O) groups excluding carboxylic acids is 1. The Balaban J connectivity index is 2.87. The van der Waals surface area contributed by atoms with E-state index >= 15 is 0 Å². The highest BCUT2D eigenvalue weighted by Gasteiger charge is 2.20. The van der Waals surface area contributed by atoms with E-state index in [0.717, 1.165) is 5.57 Å². The summed E-state index contributed by atoms with van der Waals surface area (Å²) in [5.74, 6) is 0.476. The van der Waals surface area contributed by atoms with Gasteiger partial charge < -0.3 is 0 Å². The molecule has 0 amide bonds. The average Bonchev–Trinajstić information content (AvgIpc) is 1.94. The van der Waals surface area contributed by atoms with E-state index in [1.165, 1.54) is 0 Å². The van der Waals surface area contributed by atoms with Crippen molar-refractivity contribution in [2.24, 2.45) is 5.92 Å². The van der Waals surface area contributed by atoms with Crippen LogP contribution in [0.4, 0.5) is 0 Å². The number of hydrogen-bond donors (Lipinski definition) is 0. The lowest BCUT2D eigenvalue weighted by Crippen LogP contribution is -2.18. The van der Waals surface area contributed by atoms with Crippen LogP contribution in [0.25, 0.3) is 0 Å². The molecule has 11 heavy (non-hydrogen) atoms. The number of alkyl halides is 1. The van der Waals surface area contributed by atoms with E-state index in [2.05, 4.69) is 28.9 Å². The molecule has 0 heterocycles. The molecule has 0 aliphatic heterocycles. The van der Waals surface area contributed by atoms with Gasteiger partial charge in [0.25, 0.3) is 0 Å². The summed E-state index contributed by atoms with van der Waals surface area (Å²) in [6, 6.07) is 0. The van der Waals surface area contributed by atoms with E-state index in [4.69, 9.17) is 0 Å². The Labute approximate surface area is 75.3 Å². The van der Waals surface area contributed by atoms with E-state index in [0.29, 0.717) is 10.7 Å². The molecule has 0 spiro atoms. The van der Waals surface area contributed by atoms with Crippen LogP contribution in [0.15, 0.2) is 23.8 Å². The van der Waals surface area contributed by atoms with Crippen molar-refractivity contribution in [3.05, 3.63) is 23.8 Å². The Morgan fingerprint density at radius 2 is 2.27 bits per heavy atom. The minimum absolute atomic E-state index is 0.173. The summed E-state index contributed by atoms with van der Waals surface area (Å²) < 4.78 is 0. The van der Waals surface area contributed by atoms with Crippen LogP contribution < -0.4 is 0 Å². The highest BCUT2D eigenvalue weighted by molar-refractivity contribution is 9.09. The van der Waals surface area contributed by atoms with Gasteiger partial charge in [0.1, 0.15) is 0 Å². The molecule has 0 bridgehead atoms. The standard InChI is InChI=1S/C9H11BrO/c1-6-8(7(2)11)4-3-5-9(6)10/h3-6,9H,1-2H3/t6?,9-/m0/s1. The first-order valence-corrected chi connectivity index (χ1v) is 4.58. The first-order valence-electron chi connectivity index (χ1n) is 3.66. The summed E-state index contributed by atoms with van der Waals surface area (Å²) in [4.78, 5) is 11.3. The lowest BCUT2D eigenvalue weighted by atomic mass is 9.91. The highest BCUT2D eigenvalue weighted by atomic mass is 79.9. The molecule has 60 valence electrons. The summed E-state index contributed by atoms with van der Waals surface area (Å²) in [6.07, 6.45) is 5.87. The molecule has 1 nitrogen and oxygen atoms in total. The maximum atomic E-state index is 11.0. The number of Topliss-reactive ketones (excluding diaryl/α,β-unsaturated/α-hetero) is 1. The van der Waals surface area contributed by atoms with Gasteiger partial charge in [-0.2, -0.15) is 0 Å². The quantitative estimate of drug-likeness (QED) is 0.614. The molecular weight excluding hydrogens is 204 g/mol. The number of hydrogen-bond acceptors (Lipinski definition) is 1. The van der Waals surface area contributed by atoms with Crippen molar-refractivity contribution >= 4 is 21.7 Å². The molecule has 0 aromatic heterocycles. The predicted molar refractivity (Wildman–Crippen MR) is 49.8 cm³/mol. The number of carbonyl (C=O) groups is 1. The summed E-state index contributed by atoms with van der Waals surface area (Å²) in [7, 11) is 0. The fourth-order valence-electron chi connectivity index (χ4n) is 1.19. The predicted octanol–water partition coefficient (Wildman–Crippen LogP) is 2.47. The molecule has 0 fully saturated rings. The van der Waals surface area contributed by atoms with Gasteiger partial charge in [0.15, 0.2) is 5.78 Å². The van der Waals surface area contributed by atoms with Crippen molar-refractivity contribution in [3.8, 4) is 0 Å². The Kier molecular flexibility index (Phi) is 2.66. The van der Waals surface area contributed by atoms with E-state index in [1.54, 1.807) is 6.92 Å². The van der Waals surface area contributed by atoms with Crippen molar-refractivity contribution in [2.45, 2.75) is 18.7 Å². The molecule has 1 aliphatic rings. The fraction of sp³-hybridized carbons (Fsp3) is 0.444. The van der Waals surface area contributed by atoms with Gasteiger partial charge in [-0.15, -0.1) is 0 Å². The monoisotopic (exact) mass is 214 g/mol. The first-order chi connectivity index (χ1) is 5.13. The molecule has 0 aromatic carbocycles. The number of rotatable bonds is 1. The maximum absolute atomic E-state index is 11.0. The van der Waals surface area contributed by atoms with Crippen molar-refractivity contribution < 1.29 is 4.79 Å². The van der Waals surface area contributed by atoms with Crippen molar-refractivity contribution in [3.63, 3.8) is 0 Å². The fourth-order valence-corrected chi connectivity index (χ4v) is 1.65. The number of halogens is 1. The average molecular weight is 215 g/mol. The summed E-state index contributed by atoms with van der Waals surface area (Å²) in [6.45, 7) is 3.66. The number of allylic oxidation sites excluding steroid dienone is 4. The zero-order valence-corrected chi connectivity index (χ0v) is 8.26. The van der Waals surface area contributed by atoms with Crippen LogP contribution in [0.2, 0.25) is 0 Å². The van der Waals surface area contributed by atoms with Crippen LogP contribution in [-0.2, 0) is 4.79 Å². The Bertz CT molecular complexity index is 228. The Morgan fingerprint density at radius 1 is 1.64 bits per heavy atom. The van der Waals surface area contributed by atoms with Crippen LogP contribution in [0.1, 0.15) is 13.8 Å². The molecule has 0 radical (unpaired) electrons. The number of ketones is 1. The molecular formula is C9H11BrO. The molecule has 0 aromatic rings. The highest BCUT2D eigenvalue weighted by Crippen LogP contribution is 2.26. The molecule has 1 rings (SSSR count). The lowest BCUT2D eigenvalue weighted by Gasteiger charge is -2.19. The smallest absolute Gasteiger partial charge is 0.156 e. The van der Waals surface area contributed by atoms with Crippen LogP contribution >= 0.6 is 15.9 Å².